The highest BCUT2D eigenvalue weighted by Crippen LogP contribution is 2.21. The third-order valence-electron chi connectivity index (χ3n) is 2.57. The number of hydrogen-bond donors (Lipinski definition) is 2. The molecule has 7 heteroatoms. The van der Waals surface area contributed by atoms with Crippen LogP contribution in [0.15, 0.2) is 11.4 Å². The Kier molecular flexibility index (Phi) is 3.86. The standard InChI is InChI=1S/C10H12ClN3O2S/c1-17-10-12-4-7(11)8(14-10)9(16)13-5-2-6(15)3-5/h4-6,15H,2-3H2,1H3,(H,13,16). The third-order valence-corrected chi connectivity index (χ3v) is 3.41. The fourth-order valence-electron chi connectivity index (χ4n) is 1.57. The van der Waals surface area contributed by atoms with Crippen molar-refractivity contribution in [1.29, 1.82) is 0 Å². The van der Waals surface area contributed by atoms with Gasteiger partial charge in [0.2, 0.25) is 0 Å². The predicted octanol–water partition coefficient (Wildman–Crippen LogP) is 1.10. The van der Waals surface area contributed by atoms with Crippen LogP contribution in [0.3, 0.4) is 0 Å². The molecule has 2 N–H and O–H groups in total. The molecule has 1 saturated carbocycles. The van der Waals surface area contributed by atoms with Crippen molar-refractivity contribution >= 4 is 29.3 Å². The van der Waals surface area contributed by atoms with Crippen LogP contribution >= 0.6 is 23.4 Å². The first-order chi connectivity index (χ1) is 8.10. The summed E-state index contributed by atoms with van der Waals surface area (Å²) < 4.78 is 0. The second kappa shape index (κ2) is 5.20. The minimum absolute atomic E-state index is 0.0151. The average Bonchev–Trinajstić information content (AvgIpc) is 2.27. The van der Waals surface area contributed by atoms with Gasteiger partial charge >= 0.3 is 0 Å². The van der Waals surface area contributed by atoms with Crippen LogP contribution in [-0.4, -0.2) is 39.4 Å². The first-order valence-corrected chi connectivity index (χ1v) is 6.76. The number of carbonyl (C=O) groups is 1. The highest BCUT2D eigenvalue weighted by molar-refractivity contribution is 7.98. The minimum atomic E-state index is -0.315. The zero-order valence-electron chi connectivity index (χ0n) is 9.18. The summed E-state index contributed by atoms with van der Waals surface area (Å²) in [5, 5.41) is 12.6. The van der Waals surface area contributed by atoms with Crippen molar-refractivity contribution in [2.75, 3.05) is 6.26 Å². The molecule has 1 aromatic rings. The summed E-state index contributed by atoms with van der Waals surface area (Å²) in [5.41, 5.74) is 0.187. The first-order valence-electron chi connectivity index (χ1n) is 5.15. The SMILES string of the molecule is CSc1ncc(Cl)c(C(=O)NC2CC(O)C2)n1. The first kappa shape index (κ1) is 12.6. The summed E-state index contributed by atoms with van der Waals surface area (Å²) in [7, 11) is 0. The summed E-state index contributed by atoms with van der Waals surface area (Å²) in [5.74, 6) is -0.315. The van der Waals surface area contributed by atoms with Gasteiger partial charge in [-0.15, -0.1) is 0 Å². The van der Waals surface area contributed by atoms with Crippen LogP contribution in [-0.2, 0) is 0 Å². The molecular formula is C10H12ClN3O2S. The van der Waals surface area contributed by atoms with Crippen molar-refractivity contribution < 1.29 is 9.90 Å². The molecule has 1 aromatic heterocycles. The molecule has 0 atom stereocenters. The number of amides is 1. The van der Waals surface area contributed by atoms with Crippen molar-refractivity contribution in [2.45, 2.75) is 30.1 Å². The van der Waals surface area contributed by atoms with E-state index in [-0.39, 0.29) is 28.8 Å². The van der Waals surface area contributed by atoms with Crippen LogP contribution in [0.25, 0.3) is 0 Å². The quantitative estimate of drug-likeness (QED) is 0.637. The number of thioether (sulfide) groups is 1. The molecule has 1 aliphatic rings. The second-order valence-corrected chi connectivity index (χ2v) is 5.03. The van der Waals surface area contributed by atoms with Gasteiger partial charge in [-0.25, -0.2) is 9.97 Å². The summed E-state index contributed by atoms with van der Waals surface area (Å²) >= 11 is 7.22. The highest BCUT2D eigenvalue weighted by atomic mass is 35.5. The van der Waals surface area contributed by atoms with E-state index in [9.17, 15) is 4.79 Å². The Bertz CT molecular complexity index is 438. The molecule has 0 spiro atoms. The highest BCUT2D eigenvalue weighted by Gasteiger charge is 2.29. The minimum Gasteiger partial charge on any atom is -0.393 e. The van der Waals surface area contributed by atoms with E-state index in [1.807, 2.05) is 6.26 Å². The summed E-state index contributed by atoms with van der Waals surface area (Å²) in [4.78, 5) is 19.9. The van der Waals surface area contributed by atoms with Gasteiger partial charge in [0.15, 0.2) is 10.9 Å². The maximum atomic E-state index is 11.9. The van der Waals surface area contributed by atoms with Crippen LogP contribution in [0.4, 0.5) is 0 Å². The lowest BCUT2D eigenvalue weighted by atomic mass is 9.89. The lowest BCUT2D eigenvalue weighted by Gasteiger charge is -2.31. The molecule has 1 amide bonds. The van der Waals surface area contributed by atoms with Crippen LogP contribution in [0.5, 0.6) is 0 Å². The Labute approximate surface area is 108 Å². The zero-order valence-corrected chi connectivity index (χ0v) is 10.8. The largest absolute Gasteiger partial charge is 0.393 e. The van der Waals surface area contributed by atoms with E-state index in [1.54, 1.807) is 0 Å². The number of nitrogens with zero attached hydrogens (tertiary/aromatic N) is 2. The molecule has 1 fully saturated rings. The lowest BCUT2D eigenvalue weighted by Crippen LogP contribution is -2.47. The van der Waals surface area contributed by atoms with Crippen molar-refractivity contribution in [2.24, 2.45) is 0 Å². The number of rotatable bonds is 3. The van der Waals surface area contributed by atoms with Crippen molar-refractivity contribution in [3.8, 4) is 0 Å². The van der Waals surface area contributed by atoms with E-state index < -0.39 is 0 Å². The number of aromatic nitrogens is 2. The molecule has 5 nitrogen and oxygen atoms in total. The van der Waals surface area contributed by atoms with Gasteiger partial charge in [0.05, 0.1) is 17.3 Å². The van der Waals surface area contributed by atoms with Crippen molar-refractivity contribution in [1.82, 2.24) is 15.3 Å². The molecule has 0 aromatic carbocycles. The number of nitrogens with one attached hydrogen (secondary N) is 1. The normalized spacial score (nSPS) is 23.0. The monoisotopic (exact) mass is 273 g/mol. The Morgan fingerprint density at radius 1 is 1.65 bits per heavy atom. The van der Waals surface area contributed by atoms with Gasteiger partial charge in [-0.1, -0.05) is 23.4 Å². The van der Waals surface area contributed by atoms with Crippen LogP contribution < -0.4 is 5.32 Å². The van der Waals surface area contributed by atoms with E-state index in [0.717, 1.165) is 0 Å². The fourth-order valence-corrected chi connectivity index (χ4v) is 2.09. The summed E-state index contributed by atoms with van der Waals surface area (Å²) in [6.07, 6.45) is 4.12. The van der Waals surface area contributed by atoms with E-state index in [4.69, 9.17) is 16.7 Å². The maximum Gasteiger partial charge on any atom is 0.271 e. The zero-order chi connectivity index (χ0) is 12.4. The van der Waals surface area contributed by atoms with Gasteiger partial charge < -0.3 is 10.4 Å². The number of halogens is 1. The Morgan fingerprint density at radius 2 is 2.35 bits per heavy atom. The molecule has 1 heterocycles. The van der Waals surface area contributed by atoms with E-state index in [2.05, 4.69) is 15.3 Å². The van der Waals surface area contributed by atoms with Crippen LogP contribution in [0, 0.1) is 0 Å². The van der Waals surface area contributed by atoms with Crippen LogP contribution in [0.2, 0.25) is 5.02 Å². The van der Waals surface area contributed by atoms with Crippen LogP contribution in [0.1, 0.15) is 23.3 Å². The Hall–Kier alpha value is -0.850. The summed E-state index contributed by atoms with van der Waals surface area (Å²) in [6.45, 7) is 0. The molecular weight excluding hydrogens is 262 g/mol. The maximum absolute atomic E-state index is 11.9. The van der Waals surface area contributed by atoms with Crippen molar-refractivity contribution in [3.05, 3.63) is 16.9 Å². The van der Waals surface area contributed by atoms with Gasteiger partial charge in [0, 0.05) is 6.04 Å². The van der Waals surface area contributed by atoms with E-state index in [1.165, 1.54) is 18.0 Å². The molecule has 92 valence electrons. The van der Waals surface area contributed by atoms with Gasteiger partial charge in [0.1, 0.15) is 0 Å². The molecule has 1 aliphatic carbocycles. The Balaban J connectivity index is 2.07. The van der Waals surface area contributed by atoms with Crippen molar-refractivity contribution in [3.63, 3.8) is 0 Å². The fraction of sp³-hybridized carbons (Fsp3) is 0.500. The smallest absolute Gasteiger partial charge is 0.271 e. The summed E-state index contributed by atoms with van der Waals surface area (Å²) in [6, 6.07) is 0.0151. The lowest BCUT2D eigenvalue weighted by molar-refractivity contribution is 0.0560. The van der Waals surface area contributed by atoms with E-state index >= 15 is 0 Å². The molecule has 2 rings (SSSR count). The number of aliphatic hydroxyl groups is 1. The number of carbonyl (C=O) groups excluding carboxylic acids is 1. The van der Waals surface area contributed by atoms with E-state index in [0.29, 0.717) is 18.0 Å². The van der Waals surface area contributed by atoms with Gasteiger partial charge in [-0.2, -0.15) is 0 Å². The predicted molar refractivity (Wildman–Crippen MR) is 65.3 cm³/mol. The molecule has 0 aliphatic heterocycles. The molecule has 0 unspecified atom stereocenters. The second-order valence-electron chi connectivity index (χ2n) is 3.85. The van der Waals surface area contributed by atoms with Gasteiger partial charge in [0.25, 0.3) is 5.91 Å². The van der Waals surface area contributed by atoms with Gasteiger partial charge in [-0.3, -0.25) is 4.79 Å². The Morgan fingerprint density at radius 3 is 2.94 bits per heavy atom. The van der Waals surface area contributed by atoms with Gasteiger partial charge in [-0.05, 0) is 19.1 Å². The number of hydrogen-bond acceptors (Lipinski definition) is 5. The molecule has 17 heavy (non-hydrogen) atoms. The average molecular weight is 274 g/mol. The number of aliphatic hydroxyl groups excluding tert-OH is 1. The molecule has 0 bridgehead atoms. The molecule has 0 radical (unpaired) electrons. The third kappa shape index (κ3) is 2.88. The molecule has 0 saturated heterocycles. The topological polar surface area (TPSA) is 75.1 Å².